The number of nitrogens with zero attached hydrogens (tertiary/aromatic N) is 2. The van der Waals surface area contributed by atoms with Crippen molar-refractivity contribution < 1.29 is 0 Å². The molecule has 1 atom stereocenters. The Labute approximate surface area is 92.5 Å². The molecule has 1 aliphatic rings. The van der Waals surface area contributed by atoms with E-state index in [1.165, 1.54) is 17.7 Å². The molecule has 1 aromatic rings. The molecule has 0 radical (unpaired) electrons. The molecule has 0 bridgehead atoms. The van der Waals surface area contributed by atoms with Gasteiger partial charge in [-0.1, -0.05) is 29.8 Å². The lowest BCUT2D eigenvalue weighted by atomic mass is 10.0. The van der Waals surface area contributed by atoms with Crippen molar-refractivity contribution in [2.24, 2.45) is 0 Å². The molecule has 1 heterocycles. The highest BCUT2D eigenvalue weighted by Crippen LogP contribution is 2.23. The van der Waals surface area contributed by atoms with Gasteiger partial charge < -0.3 is 4.90 Å². The van der Waals surface area contributed by atoms with Crippen molar-refractivity contribution in [3.05, 3.63) is 35.4 Å². The number of aryl methyl sites for hydroxylation is 1. The molecule has 0 spiro atoms. The highest BCUT2D eigenvalue weighted by Gasteiger charge is 2.23. The van der Waals surface area contributed by atoms with Gasteiger partial charge in [-0.2, -0.15) is 0 Å². The van der Waals surface area contributed by atoms with Crippen LogP contribution < -0.4 is 0 Å². The number of hydrogen-bond donors (Lipinski definition) is 0. The number of piperazine rings is 1. The molecule has 0 aromatic heterocycles. The minimum absolute atomic E-state index is 0.559. The lowest BCUT2D eigenvalue weighted by Gasteiger charge is -2.38. The minimum Gasteiger partial charge on any atom is -0.303 e. The van der Waals surface area contributed by atoms with Gasteiger partial charge in [0.2, 0.25) is 0 Å². The third-order valence-electron chi connectivity index (χ3n) is 3.28. The van der Waals surface area contributed by atoms with Crippen molar-refractivity contribution in [1.29, 1.82) is 0 Å². The first-order chi connectivity index (χ1) is 7.16. The van der Waals surface area contributed by atoms with Crippen LogP contribution in [0, 0.1) is 6.92 Å². The lowest BCUT2D eigenvalue weighted by molar-refractivity contribution is 0.115. The highest BCUT2D eigenvalue weighted by molar-refractivity contribution is 5.25. The Kier molecular flexibility index (Phi) is 3.08. The van der Waals surface area contributed by atoms with Crippen molar-refractivity contribution in [2.75, 3.05) is 33.7 Å². The molecule has 2 heteroatoms. The van der Waals surface area contributed by atoms with Crippen LogP contribution in [-0.4, -0.2) is 43.5 Å². The van der Waals surface area contributed by atoms with E-state index in [0.717, 1.165) is 13.1 Å². The minimum atomic E-state index is 0.559. The van der Waals surface area contributed by atoms with Gasteiger partial charge in [0, 0.05) is 25.7 Å². The fraction of sp³-hybridized carbons (Fsp3) is 0.538. The van der Waals surface area contributed by atoms with Crippen LogP contribution in [0.25, 0.3) is 0 Å². The number of likely N-dealkylation sites (N-methyl/N-ethyl adjacent to an activating group) is 2. The average molecular weight is 204 g/mol. The molecule has 1 aliphatic heterocycles. The lowest BCUT2D eigenvalue weighted by Crippen LogP contribution is -2.44. The molecule has 0 amide bonds. The van der Waals surface area contributed by atoms with Gasteiger partial charge in [0.25, 0.3) is 0 Å². The van der Waals surface area contributed by atoms with Crippen LogP contribution in [0.1, 0.15) is 17.2 Å². The molecular weight excluding hydrogens is 184 g/mol. The van der Waals surface area contributed by atoms with Crippen LogP contribution in [0.15, 0.2) is 24.3 Å². The van der Waals surface area contributed by atoms with E-state index in [4.69, 9.17) is 0 Å². The molecule has 2 nitrogen and oxygen atoms in total. The first-order valence-corrected chi connectivity index (χ1v) is 5.62. The SMILES string of the molecule is Cc1cccc(C2CN(C)CCN2C)c1. The summed E-state index contributed by atoms with van der Waals surface area (Å²) in [5.41, 5.74) is 2.80. The molecule has 0 N–H and O–H groups in total. The van der Waals surface area contributed by atoms with E-state index in [-0.39, 0.29) is 0 Å². The summed E-state index contributed by atoms with van der Waals surface area (Å²) in [6, 6.07) is 9.43. The molecule has 1 saturated heterocycles. The molecule has 1 fully saturated rings. The fourth-order valence-corrected chi connectivity index (χ4v) is 2.25. The number of benzene rings is 1. The number of hydrogen-bond acceptors (Lipinski definition) is 2. The summed E-state index contributed by atoms with van der Waals surface area (Å²) in [5, 5.41) is 0. The fourth-order valence-electron chi connectivity index (χ4n) is 2.25. The summed E-state index contributed by atoms with van der Waals surface area (Å²) in [7, 11) is 4.43. The Hall–Kier alpha value is -0.860. The summed E-state index contributed by atoms with van der Waals surface area (Å²) in [4.78, 5) is 4.86. The summed E-state index contributed by atoms with van der Waals surface area (Å²) in [6.07, 6.45) is 0. The molecule has 0 aliphatic carbocycles. The van der Waals surface area contributed by atoms with Crippen molar-refractivity contribution in [3.63, 3.8) is 0 Å². The molecule has 2 rings (SSSR count). The van der Waals surface area contributed by atoms with Gasteiger partial charge in [0.05, 0.1) is 0 Å². The standard InChI is InChI=1S/C13H20N2/c1-11-5-4-6-12(9-11)13-10-14(2)7-8-15(13)3/h4-6,9,13H,7-8,10H2,1-3H3. The summed E-state index contributed by atoms with van der Waals surface area (Å²) >= 11 is 0. The highest BCUT2D eigenvalue weighted by atomic mass is 15.3. The van der Waals surface area contributed by atoms with Crippen molar-refractivity contribution in [2.45, 2.75) is 13.0 Å². The van der Waals surface area contributed by atoms with Crippen LogP contribution in [0.5, 0.6) is 0 Å². The molecule has 0 saturated carbocycles. The first-order valence-electron chi connectivity index (χ1n) is 5.62. The van der Waals surface area contributed by atoms with Gasteiger partial charge in [-0.3, -0.25) is 4.90 Å². The maximum Gasteiger partial charge on any atom is 0.0472 e. The quantitative estimate of drug-likeness (QED) is 0.689. The molecule has 1 aromatic carbocycles. The maximum absolute atomic E-state index is 2.45. The zero-order chi connectivity index (χ0) is 10.8. The maximum atomic E-state index is 2.45. The van der Waals surface area contributed by atoms with E-state index in [1.54, 1.807) is 0 Å². The predicted molar refractivity (Wildman–Crippen MR) is 64.0 cm³/mol. The second-order valence-corrected chi connectivity index (χ2v) is 4.67. The summed E-state index contributed by atoms with van der Waals surface area (Å²) in [6.45, 7) is 5.64. The summed E-state index contributed by atoms with van der Waals surface area (Å²) in [5.74, 6) is 0. The first kappa shape index (κ1) is 10.7. The van der Waals surface area contributed by atoms with E-state index in [1.807, 2.05) is 0 Å². The van der Waals surface area contributed by atoms with Crippen LogP contribution in [-0.2, 0) is 0 Å². The number of rotatable bonds is 1. The van der Waals surface area contributed by atoms with E-state index in [2.05, 4.69) is 55.1 Å². The van der Waals surface area contributed by atoms with Gasteiger partial charge in [-0.25, -0.2) is 0 Å². The van der Waals surface area contributed by atoms with Crippen molar-refractivity contribution >= 4 is 0 Å². The zero-order valence-electron chi connectivity index (χ0n) is 9.90. The van der Waals surface area contributed by atoms with Crippen LogP contribution >= 0.6 is 0 Å². The summed E-state index contributed by atoms with van der Waals surface area (Å²) < 4.78 is 0. The normalized spacial score (nSPS) is 24.3. The largest absolute Gasteiger partial charge is 0.303 e. The monoisotopic (exact) mass is 204 g/mol. The van der Waals surface area contributed by atoms with E-state index in [0.29, 0.717) is 6.04 Å². The van der Waals surface area contributed by atoms with Gasteiger partial charge in [0.1, 0.15) is 0 Å². The Balaban J connectivity index is 2.21. The van der Waals surface area contributed by atoms with E-state index < -0.39 is 0 Å². The topological polar surface area (TPSA) is 6.48 Å². The van der Waals surface area contributed by atoms with E-state index >= 15 is 0 Å². The predicted octanol–water partition coefficient (Wildman–Crippen LogP) is 1.91. The zero-order valence-corrected chi connectivity index (χ0v) is 9.90. The Bertz CT molecular complexity index is 335. The van der Waals surface area contributed by atoms with Gasteiger partial charge in [-0.05, 0) is 26.6 Å². The average Bonchev–Trinajstić information content (AvgIpc) is 2.22. The smallest absolute Gasteiger partial charge is 0.0472 e. The third kappa shape index (κ3) is 2.39. The van der Waals surface area contributed by atoms with Gasteiger partial charge >= 0.3 is 0 Å². The molecule has 82 valence electrons. The van der Waals surface area contributed by atoms with E-state index in [9.17, 15) is 0 Å². The van der Waals surface area contributed by atoms with Crippen LogP contribution in [0.3, 0.4) is 0 Å². The van der Waals surface area contributed by atoms with Gasteiger partial charge in [-0.15, -0.1) is 0 Å². The second-order valence-electron chi connectivity index (χ2n) is 4.67. The molecule has 1 unspecified atom stereocenters. The van der Waals surface area contributed by atoms with Crippen molar-refractivity contribution in [1.82, 2.24) is 9.80 Å². The molecule has 15 heavy (non-hydrogen) atoms. The Morgan fingerprint density at radius 3 is 2.73 bits per heavy atom. The molecular formula is C13H20N2. The Morgan fingerprint density at radius 2 is 2.00 bits per heavy atom. The third-order valence-corrected chi connectivity index (χ3v) is 3.28. The Morgan fingerprint density at radius 1 is 1.20 bits per heavy atom. The van der Waals surface area contributed by atoms with Gasteiger partial charge in [0.15, 0.2) is 0 Å². The second kappa shape index (κ2) is 4.33. The van der Waals surface area contributed by atoms with Crippen molar-refractivity contribution in [3.8, 4) is 0 Å². The van der Waals surface area contributed by atoms with Crippen LogP contribution in [0.2, 0.25) is 0 Å². The van der Waals surface area contributed by atoms with Crippen LogP contribution in [0.4, 0.5) is 0 Å².